The van der Waals surface area contributed by atoms with Gasteiger partial charge in [-0.05, 0) is 37.1 Å². The van der Waals surface area contributed by atoms with Crippen molar-refractivity contribution in [3.8, 4) is 11.3 Å². The van der Waals surface area contributed by atoms with Crippen LogP contribution in [0.25, 0.3) is 11.3 Å². The zero-order chi connectivity index (χ0) is 20.2. The first-order valence-electron chi connectivity index (χ1n) is 8.23. The minimum absolute atomic E-state index is 0.136. The van der Waals surface area contributed by atoms with Crippen LogP contribution in [0.3, 0.4) is 0 Å². The average molecular weight is 472 g/mol. The van der Waals surface area contributed by atoms with Crippen molar-refractivity contribution in [3.05, 3.63) is 50.4 Å². The quantitative estimate of drug-likeness (QED) is 0.369. The molecule has 146 valence electrons. The van der Waals surface area contributed by atoms with Crippen LogP contribution in [-0.2, 0) is 15.8 Å². The first kappa shape index (κ1) is 20.0. The molecule has 0 atom stereocenters. The van der Waals surface area contributed by atoms with Gasteiger partial charge in [-0.1, -0.05) is 41.0 Å². The number of aromatic nitrogens is 2. The van der Waals surface area contributed by atoms with Crippen molar-refractivity contribution in [1.82, 2.24) is 9.97 Å². The van der Waals surface area contributed by atoms with E-state index in [-0.39, 0.29) is 4.90 Å². The number of hydrogen-bond donors (Lipinski definition) is 0. The topological polar surface area (TPSA) is 63.2 Å². The van der Waals surface area contributed by atoms with Crippen molar-refractivity contribution in [2.45, 2.75) is 29.7 Å². The van der Waals surface area contributed by atoms with Gasteiger partial charge < -0.3 is 0 Å². The van der Waals surface area contributed by atoms with Gasteiger partial charge in [0.05, 0.1) is 11.9 Å². The van der Waals surface area contributed by atoms with Gasteiger partial charge in [-0.2, -0.15) is 0 Å². The fraction of sp³-hybridized carbons (Fsp3) is 0.222. The maximum Gasteiger partial charge on any atom is 0.268 e. The maximum atomic E-state index is 12.9. The highest BCUT2D eigenvalue weighted by atomic mass is 35.5. The van der Waals surface area contributed by atoms with Crippen LogP contribution < -0.4 is 4.31 Å². The molecule has 0 radical (unpaired) electrons. The van der Waals surface area contributed by atoms with Gasteiger partial charge in [0.1, 0.15) is 9.90 Å². The first-order chi connectivity index (χ1) is 13.2. The molecule has 4 rings (SSSR count). The predicted molar refractivity (Wildman–Crippen MR) is 116 cm³/mol. The molecule has 0 N–H and O–H groups in total. The largest absolute Gasteiger partial charge is 0.268 e. The molecule has 0 spiro atoms. The highest BCUT2D eigenvalue weighted by Crippen LogP contribution is 2.48. The standard InChI is InChI=1S/C18H15Cl2N3O2S3/c1-9-10(2)27-17-15(9)16-14(28(24,25)23(17)3)7-21-18(22-16)26-8-11-4-5-12(19)6-13(11)20/h4-7H,8H2,1-3H3. The fourth-order valence-electron chi connectivity index (χ4n) is 2.94. The van der Waals surface area contributed by atoms with Crippen LogP contribution in [0.5, 0.6) is 0 Å². The molecule has 1 aliphatic heterocycles. The number of fused-ring (bicyclic) bond motifs is 3. The van der Waals surface area contributed by atoms with E-state index in [9.17, 15) is 8.42 Å². The Morgan fingerprint density at radius 1 is 1.25 bits per heavy atom. The Bertz CT molecular complexity index is 1210. The van der Waals surface area contributed by atoms with Gasteiger partial charge in [-0.3, -0.25) is 4.31 Å². The molecule has 1 aliphatic rings. The molecule has 3 aromatic rings. The van der Waals surface area contributed by atoms with E-state index in [2.05, 4.69) is 9.97 Å². The molecule has 0 aliphatic carbocycles. The van der Waals surface area contributed by atoms with Crippen molar-refractivity contribution in [2.75, 3.05) is 11.4 Å². The van der Waals surface area contributed by atoms with Crippen molar-refractivity contribution in [1.29, 1.82) is 0 Å². The Labute approximate surface area is 181 Å². The second-order valence-electron chi connectivity index (χ2n) is 6.33. The van der Waals surface area contributed by atoms with E-state index in [1.165, 1.54) is 33.6 Å². The van der Waals surface area contributed by atoms with E-state index < -0.39 is 10.0 Å². The molecule has 0 saturated heterocycles. The lowest BCUT2D eigenvalue weighted by Crippen LogP contribution is -2.30. The highest BCUT2D eigenvalue weighted by molar-refractivity contribution is 7.98. The molecule has 28 heavy (non-hydrogen) atoms. The predicted octanol–water partition coefficient (Wildman–Crippen LogP) is 5.56. The molecule has 0 saturated carbocycles. The SMILES string of the molecule is Cc1sc2c(c1C)-c1nc(SCc3ccc(Cl)cc3Cl)ncc1S(=O)(=O)N2C. The molecule has 10 heteroatoms. The van der Waals surface area contributed by atoms with Crippen LogP contribution in [0.1, 0.15) is 16.0 Å². The van der Waals surface area contributed by atoms with Crippen LogP contribution in [0.2, 0.25) is 10.0 Å². The summed E-state index contributed by atoms with van der Waals surface area (Å²) in [5.41, 5.74) is 3.28. The second kappa shape index (κ2) is 7.18. The molecule has 5 nitrogen and oxygen atoms in total. The summed E-state index contributed by atoms with van der Waals surface area (Å²) in [6.07, 6.45) is 1.40. The van der Waals surface area contributed by atoms with Gasteiger partial charge in [0.25, 0.3) is 10.0 Å². The van der Waals surface area contributed by atoms with Gasteiger partial charge in [-0.25, -0.2) is 18.4 Å². The Morgan fingerprint density at radius 3 is 2.71 bits per heavy atom. The average Bonchev–Trinajstić information content (AvgIpc) is 2.94. The summed E-state index contributed by atoms with van der Waals surface area (Å²) in [5.74, 6) is 0.552. The normalized spacial score (nSPS) is 14.7. The smallest absolute Gasteiger partial charge is 0.259 e. The van der Waals surface area contributed by atoms with Crippen molar-refractivity contribution < 1.29 is 8.42 Å². The Morgan fingerprint density at radius 2 is 2.00 bits per heavy atom. The summed E-state index contributed by atoms with van der Waals surface area (Å²) in [7, 11) is -2.09. The molecule has 0 amide bonds. The van der Waals surface area contributed by atoms with Gasteiger partial charge in [-0.15, -0.1) is 11.3 Å². The first-order valence-corrected chi connectivity index (χ1v) is 12.2. The number of sulfonamides is 1. The van der Waals surface area contributed by atoms with Crippen molar-refractivity contribution in [2.24, 2.45) is 0 Å². The van der Waals surface area contributed by atoms with Gasteiger partial charge in [0.15, 0.2) is 5.16 Å². The van der Waals surface area contributed by atoms with Crippen molar-refractivity contribution in [3.63, 3.8) is 0 Å². The second-order valence-corrected chi connectivity index (χ2v) is 11.3. The third kappa shape index (κ3) is 3.21. The number of thiophene rings is 1. The van der Waals surface area contributed by atoms with Gasteiger partial charge in [0, 0.05) is 33.3 Å². The molecular weight excluding hydrogens is 457 g/mol. The van der Waals surface area contributed by atoms with Crippen LogP contribution in [-0.4, -0.2) is 25.4 Å². The zero-order valence-electron chi connectivity index (χ0n) is 15.2. The number of hydrogen-bond acceptors (Lipinski definition) is 6. The molecule has 3 heterocycles. The van der Waals surface area contributed by atoms with E-state index >= 15 is 0 Å². The third-order valence-corrected chi connectivity index (χ3v) is 9.29. The van der Waals surface area contributed by atoms with Crippen LogP contribution in [0, 0.1) is 13.8 Å². The zero-order valence-corrected chi connectivity index (χ0v) is 19.1. The Kier molecular flexibility index (Phi) is 5.12. The summed E-state index contributed by atoms with van der Waals surface area (Å²) in [6, 6.07) is 5.34. The number of benzene rings is 1. The molecule has 1 aromatic carbocycles. The van der Waals surface area contributed by atoms with E-state index in [1.807, 2.05) is 19.9 Å². The number of rotatable bonds is 3. The van der Waals surface area contributed by atoms with Crippen LogP contribution in [0.15, 0.2) is 34.4 Å². The molecule has 0 bridgehead atoms. The third-order valence-electron chi connectivity index (χ3n) is 4.63. The van der Waals surface area contributed by atoms with Crippen LogP contribution >= 0.6 is 46.3 Å². The van der Waals surface area contributed by atoms with E-state index in [0.717, 1.165) is 21.6 Å². The summed E-state index contributed by atoms with van der Waals surface area (Å²) in [6.45, 7) is 3.97. The van der Waals surface area contributed by atoms with Crippen molar-refractivity contribution >= 4 is 61.3 Å². The summed E-state index contributed by atoms with van der Waals surface area (Å²) < 4.78 is 27.1. The molecular formula is C18H15Cl2N3O2S3. The lowest BCUT2D eigenvalue weighted by atomic mass is 10.1. The number of aryl methyl sites for hydroxylation is 1. The summed E-state index contributed by atoms with van der Waals surface area (Å²) in [5, 5.41) is 2.35. The minimum atomic E-state index is -3.66. The number of nitrogens with zero attached hydrogens (tertiary/aromatic N) is 3. The lowest BCUT2D eigenvalue weighted by molar-refractivity contribution is 0.592. The van der Waals surface area contributed by atoms with Gasteiger partial charge >= 0.3 is 0 Å². The number of thioether (sulfide) groups is 1. The fourth-order valence-corrected chi connectivity index (χ4v) is 6.93. The van der Waals surface area contributed by atoms with Crippen LogP contribution in [0.4, 0.5) is 5.00 Å². The van der Waals surface area contributed by atoms with E-state index in [0.29, 0.717) is 31.6 Å². The molecule has 0 fully saturated rings. The number of anilines is 1. The lowest BCUT2D eigenvalue weighted by Gasteiger charge is -2.25. The summed E-state index contributed by atoms with van der Waals surface area (Å²) >= 11 is 15.0. The highest BCUT2D eigenvalue weighted by Gasteiger charge is 2.37. The molecule has 2 aromatic heterocycles. The number of halogens is 2. The minimum Gasteiger partial charge on any atom is -0.259 e. The van der Waals surface area contributed by atoms with E-state index in [1.54, 1.807) is 19.2 Å². The van der Waals surface area contributed by atoms with Gasteiger partial charge in [0.2, 0.25) is 0 Å². The Hall–Kier alpha value is -1.32. The Balaban J connectivity index is 1.75. The van der Waals surface area contributed by atoms with E-state index in [4.69, 9.17) is 23.2 Å². The summed E-state index contributed by atoms with van der Waals surface area (Å²) in [4.78, 5) is 10.1. The monoisotopic (exact) mass is 471 g/mol. The maximum absolute atomic E-state index is 12.9. The molecule has 0 unspecified atom stereocenters.